The van der Waals surface area contributed by atoms with Gasteiger partial charge >= 0.3 is 5.51 Å². The fourth-order valence-electron chi connectivity index (χ4n) is 2.80. The number of rotatable bonds is 5. The maximum Gasteiger partial charge on any atom is 0.447 e. The molecule has 0 spiro atoms. The summed E-state index contributed by atoms with van der Waals surface area (Å²) in [6.45, 7) is 2.97. The highest BCUT2D eigenvalue weighted by Gasteiger charge is 2.32. The Morgan fingerprint density at radius 2 is 1.93 bits per heavy atom. The topological polar surface area (TPSA) is 54.5 Å². The van der Waals surface area contributed by atoms with Crippen molar-refractivity contribution in [2.24, 2.45) is 0 Å². The lowest BCUT2D eigenvalue weighted by molar-refractivity contribution is -0.0329. The highest BCUT2D eigenvalue weighted by atomic mass is 32.2. The van der Waals surface area contributed by atoms with Crippen LogP contribution in [-0.2, 0) is 11.3 Å². The van der Waals surface area contributed by atoms with Gasteiger partial charge in [0, 0.05) is 43.3 Å². The first-order valence-electron chi connectivity index (χ1n) is 8.33. The largest absolute Gasteiger partial charge is 0.447 e. The number of hydrogen-bond donors (Lipinski definition) is 1. The molecule has 0 saturated carbocycles. The highest BCUT2D eigenvalue weighted by molar-refractivity contribution is 8.00. The predicted molar refractivity (Wildman–Crippen MR) is 96.8 cm³/mol. The molecule has 1 aliphatic heterocycles. The predicted octanol–water partition coefficient (Wildman–Crippen LogP) is 3.46. The molecule has 0 bridgehead atoms. The number of hydrogen-bond acceptors (Lipinski definition) is 5. The molecule has 3 rings (SSSR count). The number of nitrogens with one attached hydrogen (secondary N) is 1. The van der Waals surface area contributed by atoms with Crippen molar-refractivity contribution in [3.8, 4) is 0 Å². The van der Waals surface area contributed by atoms with Crippen molar-refractivity contribution in [3.63, 3.8) is 0 Å². The fourth-order valence-corrected chi connectivity index (χ4v) is 3.40. The summed E-state index contributed by atoms with van der Waals surface area (Å²) in [7, 11) is 0. The summed E-state index contributed by atoms with van der Waals surface area (Å²) in [6, 6.07) is 10.4. The number of alkyl halides is 3. The minimum absolute atomic E-state index is 0.0938. The molecule has 0 atom stereocenters. The number of carbonyl (C=O) groups is 1. The molecule has 5 nitrogen and oxygen atoms in total. The SMILES string of the molecule is O=C(NCc1ccccc1N1CCOCC1)c1cccnc1SC(F)(F)F. The molecule has 1 aliphatic rings. The number of halogens is 3. The van der Waals surface area contributed by atoms with Gasteiger partial charge in [-0.3, -0.25) is 4.79 Å². The second-order valence-corrected chi connectivity index (χ2v) is 6.87. The van der Waals surface area contributed by atoms with Crippen LogP contribution in [0.3, 0.4) is 0 Å². The van der Waals surface area contributed by atoms with Crippen LogP contribution in [0.1, 0.15) is 15.9 Å². The van der Waals surface area contributed by atoms with E-state index < -0.39 is 23.2 Å². The van der Waals surface area contributed by atoms with E-state index in [1.807, 2.05) is 24.3 Å². The van der Waals surface area contributed by atoms with E-state index in [0.717, 1.165) is 24.3 Å². The van der Waals surface area contributed by atoms with Crippen LogP contribution in [0, 0.1) is 0 Å². The first-order chi connectivity index (χ1) is 12.9. The van der Waals surface area contributed by atoms with Crippen molar-refractivity contribution in [2.45, 2.75) is 17.1 Å². The Morgan fingerprint density at radius 3 is 2.67 bits per heavy atom. The minimum Gasteiger partial charge on any atom is -0.378 e. The second-order valence-electron chi connectivity index (χ2n) is 5.81. The third kappa shape index (κ3) is 5.36. The van der Waals surface area contributed by atoms with Crippen LogP contribution in [0.25, 0.3) is 0 Å². The number of carbonyl (C=O) groups excluding carboxylic acids is 1. The minimum atomic E-state index is -4.51. The lowest BCUT2D eigenvalue weighted by atomic mass is 10.1. The molecule has 27 heavy (non-hydrogen) atoms. The standard InChI is InChI=1S/C18H18F3N3O2S/c19-18(20,21)27-17-14(5-3-7-22-17)16(25)23-12-13-4-1-2-6-15(13)24-8-10-26-11-9-24/h1-7H,8-12H2,(H,23,25). The van der Waals surface area contributed by atoms with Crippen LogP contribution >= 0.6 is 11.8 Å². The van der Waals surface area contributed by atoms with Crippen LogP contribution in [0.5, 0.6) is 0 Å². The first kappa shape index (κ1) is 19.5. The molecule has 0 radical (unpaired) electrons. The molecular weight excluding hydrogens is 379 g/mol. The van der Waals surface area contributed by atoms with Crippen LogP contribution in [0.2, 0.25) is 0 Å². The second kappa shape index (κ2) is 8.62. The summed E-state index contributed by atoms with van der Waals surface area (Å²) >= 11 is -0.391. The molecule has 2 heterocycles. The zero-order valence-corrected chi connectivity index (χ0v) is 15.1. The number of pyridine rings is 1. The number of ether oxygens (including phenoxy) is 1. The van der Waals surface area contributed by atoms with Crippen molar-refractivity contribution >= 4 is 23.4 Å². The number of morpholine rings is 1. The Morgan fingerprint density at radius 1 is 1.19 bits per heavy atom. The number of benzene rings is 1. The van der Waals surface area contributed by atoms with Crippen LogP contribution in [0.4, 0.5) is 18.9 Å². The Hall–Kier alpha value is -2.26. The van der Waals surface area contributed by atoms with Gasteiger partial charge in [-0.25, -0.2) is 4.98 Å². The molecule has 1 aromatic heterocycles. The van der Waals surface area contributed by atoms with E-state index in [2.05, 4.69) is 15.2 Å². The maximum atomic E-state index is 12.7. The Bertz CT molecular complexity index is 795. The molecule has 1 amide bonds. The van der Waals surface area contributed by atoms with Crippen LogP contribution in [0.15, 0.2) is 47.6 Å². The number of amides is 1. The summed E-state index contributed by atoms with van der Waals surface area (Å²) in [4.78, 5) is 18.3. The van der Waals surface area contributed by atoms with E-state index in [-0.39, 0.29) is 17.1 Å². The summed E-state index contributed by atoms with van der Waals surface area (Å²) < 4.78 is 43.4. The van der Waals surface area contributed by atoms with Crippen molar-refractivity contribution in [3.05, 3.63) is 53.7 Å². The van der Waals surface area contributed by atoms with Gasteiger partial charge in [0.1, 0.15) is 5.03 Å². The number of aromatic nitrogens is 1. The average molecular weight is 397 g/mol. The number of para-hydroxylation sites is 1. The van der Waals surface area contributed by atoms with E-state index in [9.17, 15) is 18.0 Å². The van der Waals surface area contributed by atoms with Gasteiger partial charge in [-0.2, -0.15) is 13.2 Å². The van der Waals surface area contributed by atoms with Crippen LogP contribution in [-0.4, -0.2) is 42.7 Å². The lowest BCUT2D eigenvalue weighted by Crippen LogP contribution is -2.37. The Balaban J connectivity index is 1.72. The Labute approximate surface area is 158 Å². The fraction of sp³-hybridized carbons (Fsp3) is 0.333. The molecule has 2 aromatic rings. The van der Waals surface area contributed by atoms with Crippen molar-refractivity contribution in [2.75, 3.05) is 31.2 Å². The van der Waals surface area contributed by atoms with Gasteiger partial charge < -0.3 is 15.0 Å². The summed E-state index contributed by atoms with van der Waals surface area (Å²) in [6.07, 6.45) is 1.23. The van der Waals surface area contributed by atoms with Gasteiger partial charge in [-0.05, 0) is 23.8 Å². The van der Waals surface area contributed by atoms with Gasteiger partial charge in [0.15, 0.2) is 0 Å². The van der Waals surface area contributed by atoms with E-state index in [1.54, 1.807) is 0 Å². The summed E-state index contributed by atoms with van der Waals surface area (Å²) in [5.74, 6) is -0.591. The normalized spacial score (nSPS) is 14.9. The number of anilines is 1. The van der Waals surface area contributed by atoms with Crippen LogP contribution < -0.4 is 10.2 Å². The molecule has 1 aromatic carbocycles. The van der Waals surface area contributed by atoms with E-state index >= 15 is 0 Å². The molecule has 0 unspecified atom stereocenters. The monoisotopic (exact) mass is 397 g/mol. The quantitative estimate of drug-likeness (QED) is 0.784. The van der Waals surface area contributed by atoms with Crippen molar-refractivity contribution in [1.29, 1.82) is 0 Å². The maximum absolute atomic E-state index is 12.7. The van der Waals surface area contributed by atoms with E-state index in [0.29, 0.717) is 13.2 Å². The number of nitrogens with zero attached hydrogens (tertiary/aromatic N) is 2. The van der Waals surface area contributed by atoms with Gasteiger partial charge in [-0.15, -0.1) is 0 Å². The van der Waals surface area contributed by atoms with Gasteiger partial charge in [0.2, 0.25) is 0 Å². The molecule has 0 aliphatic carbocycles. The lowest BCUT2D eigenvalue weighted by Gasteiger charge is -2.30. The first-order valence-corrected chi connectivity index (χ1v) is 9.15. The summed E-state index contributed by atoms with van der Waals surface area (Å²) in [5.41, 5.74) is -2.73. The number of thioether (sulfide) groups is 1. The van der Waals surface area contributed by atoms with E-state index in [1.165, 1.54) is 18.3 Å². The third-order valence-electron chi connectivity index (χ3n) is 4.01. The zero-order valence-electron chi connectivity index (χ0n) is 14.3. The zero-order chi connectivity index (χ0) is 19.3. The average Bonchev–Trinajstić information content (AvgIpc) is 2.66. The van der Waals surface area contributed by atoms with Gasteiger partial charge in [0.05, 0.1) is 18.8 Å². The smallest absolute Gasteiger partial charge is 0.378 e. The van der Waals surface area contributed by atoms with Crippen molar-refractivity contribution in [1.82, 2.24) is 10.3 Å². The molecule has 1 fully saturated rings. The molecule has 9 heteroatoms. The highest BCUT2D eigenvalue weighted by Crippen LogP contribution is 2.37. The summed E-state index contributed by atoms with van der Waals surface area (Å²) in [5, 5.41) is 2.35. The third-order valence-corrected chi connectivity index (χ3v) is 4.76. The molecule has 1 saturated heterocycles. The molecular formula is C18H18F3N3O2S. The van der Waals surface area contributed by atoms with Gasteiger partial charge in [-0.1, -0.05) is 18.2 Å². The van der Waals surface area contributed by atoms with Gasteiger partial charge in [0.25, 0.3) is 5.91 Å². The molecule has 1 N–H and O–H groups in total. The van der Waals surface area contributed by atoms with Crippen molar-refractivity contribution < 1.29 is 22.7 Å². The Kier molecular flexibility index (Phi) is 6.22. The van der Waals surface area contributed by atoms with E-state index in [4.69, 9.17) is 4.74 Å². The molecule has 144 valence electrons.